The number of rotatable bonds is 4. The Kier molecular flexibility index (Phi) is 3.55. The Morgan fingerprint density at radius 2 is 1.46 bits per heavy atom. The molecule has 0 amide bonds. The van der Waals surface area contributed by atoms with Gasteiger partial charge in [0.15, 0.2) is 0 Å². The van der Waals surface area contributed by atoms with Crippen LogP contribution in [-0.4, -0.2) is 18.7 Å². The maximum absolute atomic E-state index is 10.8. The molecule has 80 valence electrons. The molecule has 0 aromatic heterocycles. The van der Waals surface area contributed by atoms with E-state index in [-0.39, 0.29) is 11.2 Å². The van der Waals surface area contributed by atoms with E-state index in [1.807, 2.05) is 34.6 Å². The Labute approximate surface area is 81.3 Å². The van der Waals surface area contributed by atoms with Crippen molar-refractivity contribution < 1.29 is 13.0 Å². The summed E-state index contributed by atoms with van der Waals surface area (Å²) in [5, 5.41) is 0. The van der Waals surface area contributed by atoms with Gasteiger partial charge in [-0.2, -0.15) is 8.42 Å². The van der Waals surface area contributed by atoms with Crippen molar-refractivity contribution in [3.05, 3.63) is 0 Å². The molecule has 0 heterocycles. The van der Waals surface area contributed by atoms with Crippen molar-refractivity contribution in [3.8, 4) is 0 Å². The van der Waals surface area contributed by atoms with Crippen molar-refractivity contribution in [3.63, 3.8) is 0 Å². The third kappa shape index (κ3) is 3.65. The van der Waals surface area contributed by atoms with Crippen molar-refractivity contribution >= 4 is 10.1 Å². The fourth-order valence-corrected chi connectivity index (χ4v) is 2.43. The molecule has 0 saturated carbocycles. The lowest BCUT2D eigenvalue weighted by Crippen LogP contribution is -2.38. The zero-order chi connectivity index (χ0) is 10.9. The highest BCUT2D eigenvalue weighted by molar-refractivity contribution is 7.85. The molecule has 4 heteroatoms. The topological polar surface area (TPSA) is 54.4 Å². The summed E-state index contributed by atoms with van der Waals surface area (Å²) in [5.41, 5.74) is -0.502. The summed E-state index contributed by atoms with van der Waals surface area (Å²) < 4.78 is 30.3. The summed E-state index contributed by atoms with van der Waals surface area (Å²) in [6.45, 7) is 9.77. The molecule has 13 heavy (non-hydrogen) atoms. The average Bonchev–Trinajstić information content (AvgIpc) is 1.81. The molecule has 0 aromatic rings. The first-order valence-corrected chi connectivity index (χ1v) is 6.08. The Morgan fingerprint density at radius 1 is 1.08 bits per heavy atom. The highest BCUT2D eigenvalue weighted by Gasteiger charge is 2.38. The van der Waals surface area contributed by atoms with E-state index in [4.69, 9.17) is 4.55 Å². The average molecular weight is 208 g/mol. The molecule has 0 atom stereocenters. The van der Waals surface area contributed by atoms with Crippen LogP contribution < -0.4 is 0 Å². The Hall–Kier alpha value is -0.0900. The van der Waals surface area contributed by atoms with Gasteiger partial charge in [0.1, 0.15) is 0 Å². The monoisotopic (exact) mass is 208 g/mol. The van der Waals surface area contributed by atoms with Crippen molar-refractivity contribution in [2.45, 2.75) is 41.0 Å². The van der Waals surface area contributed by atoms with E-state index >= 15 is 0 Å². The molecule has 0 bridgehead atoms. The lowest BCUT2D eigenvalue weighted by Gasteiger charge is -2.40. The van der Waals surface area contributed by atoms with Crippen LogP contribution in [0.15, 0.2) is 0 Å². The van der Waals surface area contributed by atoms with Crippen molar-refractivity contribution in [1.29, 1.82) is 0 Å². The highest BCUT2D eigenvalue weighted by Crippen LogP contribution is 2.41. The van der Waals surface area contributed by atoms with Gasteiger partial charge in [0, 0.05) is 0 Å². The van der Waals surface area contributed by atoms with E-state index in [1.54, 1.807) is 0 Å². The van der Waals surface area contributed by atoms with Crippen LogP contribution in [0.2, 0.25) is 0 Å². The minimum Gasteiger partial charge on any atom is -0.286 e. The predicted octanol–water partition coefficient (Wildman–Crippen LogP) is 2.34. The van der Waals surface area contributed by atoms with Crippen molar-refractivity contribution in [2.24, 2.45) is 10.8 Å². The van der Waals surface area contributed by atoms with Gasteiger partial charge in [0.05, 0.1) is 5.75 Å². The molecule has 0 aromatic carbocycles. The summed E-state index contributed by atoms with van der Waals surface area (Å²) in [7, 11) is -3.88. The molecule has 0 saturated heterocycles. The fourth-order valence-electron chi connectivity index (χ4n) is 1.13. The molecule has 0 spiro atoms. The zero-order valence-corrected chi connectivity index (χ0v) is 9.90. The molecular formula is C9H20O3S. The largest absolute Gasteiger partial charge is 0.286 e. The first kappa shape index (κ1) is 12.9. The summed E-state index contributed by atoms with van der Waals surface area (Å²) in [4.78, 5) is 0. The van der Waals surface area contributed by atoms with Crippen LogP contribution in [0.3, 0.4) is 0 Å². The second-order valence-corrected chi connectivity index (χ2v) is 6.30. The number of hydrogen-bond donors (Lipinski definition) is 1. The molecule has 3 nitrogen and oxygen atoms in total. The maximum Gasteiger partial charge on any atom is 0.265 e. The van der Waals surface area contributed by atoms with Gasteiger partial charge in [-0.3, -0.25) is 4.55 Å². The Bertz CT molecular complexity index is 263. The zero-order valence-electron chi connectivity index (χ0n) is 9.09. The molecule has 0 unspecified atom stereocenters. The smallest absolute Gasteiger partial charge is 0.265 e. The van der Waals surface area contributed by atoms with Gasteiger partial charge < -0.3 is 0 Å². The molecule has 0 radical (unpaired) electrons. The first-order chi connectivity index (χ1) is 5.52. The van der Waals surface area contributed by atoms with Gasteiger partial charge in [-0.1, -0.05) is 41.0 Å². The minimum absolute atomic E-state index is 0.0944. The second kappa shape index (κ2) is 3.58. The summed E-state index contributed by atoms with van der Waals surface area (Å²) >= 11 is 0. The van der Waals surface area contributed by atoms with Crippen LogP contribution in [0.5, 0.6) is 0 Å². The van der Waals surface area contributed by atoms with Crippen LogP contribution in [-0.2, 0) is 10.1 Å². The third-order valence-electron chi connectivity index (χ3n) is 3.26. The van der Waals surface area contributed by atoms with Gasteiger partial charge >= 0.3 is 0 Å². The summed E-state index contributed by atoms with van der Waals surface area (Å²) in [5.74, 6) is -0.180. The highest BCUT2D eigenvalue weighted by atomic mass is 32.2. The van der Waals surface area contributed by atoms with Crippen molar-refractivity contribution in [1.82, 2.24) is 0 Å². The third-order valence-corrected chi connectivity index (χ3v) is 4.35. The van der Waals surface area contributed by atoms with Gasteiger partial charge in [0.2, 0.25) is 0 Å². The summed E-state index contributed by atoms with van der Waals surface area (Å²) in [6.07, 6.45) is 0.884. The quantitative estimate of drug-likeness (QED) is 0.721. The Balaban J connectivity index is 4.78. The van der Waals surface area contributed by atoms with Crippen molar-refractivity contribution in [2.75, 3.05) is 5.75 Å². The fraction of sp³-hybridized carbons (Fsp3) is 1.00. The van der Waals surface area contributed by atoms with E-state index < -0.39 is 15.5 Å². The minimum atomic E-state index is -3.88. The molecular weight excluding hydrogens is 188 g/mol. The van der Waals surface area contributed by atoms with Crippen LogP contribution in [0, 0.1) is 10.8 Å². The molecule has 0 aliphatic rings. The molecule has 0 fully saturated rings. The van der Waals surface area contributed by atoms with E-state index in [0.29, 0.717) is 0 Å². The molecule has 0 aliphatic heterocycles. The molecule has 0 aliphatic carbocycles. The normalized spacial score (nSPS) is 14.6. The predicted molar refractivity (Wildman–Crippen MR) is 54.3 cm³/mol. The Morgan fingerprint density at radius 3 is 1.69 bits per heavy atom. The van der Waals surface area contributed by atoms with Crippen LogP contribution in [0.25, 0.3) is 0 Å². The SMILES string of the molecule is CCC(C)(C)C(C)(C)CS(=O)(=O)O. The van der Waals surface area contributed by atoms with E-state index in [2.05, 4.69) is 0 Å². The summed E-state index contributed by atoms with van der Waals surface area (Å²) in [6, 6.07) is 0. The van der Waals surface area contributed by atoms with Gasteiger partial charge in [0.25, 0.3) is 10.1 Å². The lowest BCUT2D eigenvalue weighted by atomic mass is 9.68. The first-order valence-electron chi connectivity index (χ1n) is 4.47. The van der Waals surface area contributed by atoms with Crippen LogP contribution in [0.4, 0.5) is 0 Å². The van der Waals surface area contributed by atoms with E-state index in [9.17, 15) is 8.42 Å². The van der Waals surface area contributed by atoms with Gasteiger partial charge in [-0.05, 0) is 10.8 Å². The lowest BCUT2D eigenvalue weighted by molar-refractivity contribution is 0.127. The number of hydrogen-bond acceptors (Lipinski definition) is 2. The van der Waals surface area contributed by atoms with Crippen LogP contribution >= 0.6 is 0 Å². The maximum atomic E-state index is 10.8. The van der Waals surface area contributed by atoms with E-state index in [1.165, 1.54) is 0 Å². The molecule has 1 N–H and O–H groups in total. The second-order valence-electron chi connectivity index (χ2n) is 4.85. The standard InChI is InChI=1S/C9H20O3S/c1-6-8(2,3)9(4,5)7-13(10,11)12/h6-7H2,1-5H3,(H,10,11,12). The van der Waals surface area contributed by atoms with Crippen LogP contribution in [0.1, 0.15) is 41.0 Å². The van der Waals surface area contributed by atoms with E-state index in [0.717, 1.165) is 6.42 Å². The molecule has 0 rings (SSSR count). The van der Waals surface area contributed by atoms with Gasteiger partial charge in [-0.25, -0.2) is 0 Å². The van der Waals surface area contributed by atoms with Gasteiger partial charge in [-0.15, -0.1) is 0 Å².